The predicted molar refractivity (Wildman–Crippen MR) is 76.4 cm³/mol. The minimum absolute atomic E-state index is 0.112. The highest BCUT2D eigenvalue weighted by atomic mass is 16.7. The van der Waals surface area contributed by atoms with Crippen LogP contribution in [0.15, 0.2) is 24.3 Å². The largest absolute Gasteiger partial charge is 0.387 e. The van der Waals surface area contributed by atoms with E-state index in [1.807, 2.05) is 38.4 Å². The number of nitrogen functional groups attached to an aromatic ring is 1. The quantitative estimate of drug-likeness (QED) is 0.708. The van der Waals surface area contributed by atoms with Crippen LogP contribution in [-0.4, -0.2) is 44.2 Å². The number of fused-ring (bicyclic) bond motifs is 1. The van der Waals surface area contributed by atoms with Crippen LogP contribution in [0, 0.1) is 0 Å². The molecule has 9 heteroatoms. The van der Waals surface area contributed by atoms with Crippen molar-refractivity contribution >= 4 is 22.9 Å². The minimum atomic E-state index is 0.112. The van der Waals surface area contributed by atoms with Crippen LogP contribution < -0.4 is 15.5 Å². The fraction of sp³-hybridized carbons (Fsp3) is 0.250. The monoisotopic (exact) mass is 286 g/mol. The number of nitrogens with zero attached hydrogens (tertiary/aromatic N) is 7. The third-order valence-corrected chi connectivity index (χ3v) is 2.72. The highest BCUT2D eigenvalue weighted by Gasteiger charge is 2.09. The fourth-order valence-corrected chi connectivity index (χ4v) is 1.75. The lowest BCUT2D eigenvalue weighted by molar-refractivity contribution is 0.0709. The van der Waals surface area contributed by atoms with E-state index in [9.17, 15) is 0 Å². The number of rotatable bonds is 4. The highest BCUT2D eigenvalue weighted by Crippen LogP contribution is 2.09. The average molecular weight is 286 g/mol. The zero-order chi connectivity index (χ0) is 14.8. The van der Waals surface area contributed by atoms with Crippen LogP contribution in [0.2, 0.25) is 0 Å². The van der Waals surface area contributed by atoms with Gasteiger partial charge in [-0.2, -0.15) is 15.0 Å². The van der Waals surface area contributed by atoms with Gasteiger partial charge in [-0.25, -0.2) is 0 Å². The lowest BCUT2D eigenvalue weighted by Crippen LogP contribution is -2.19. The van der Waals surface area contributed by atoms with E-state index in [0.717, 1.165) is 11.0 Å². The number of benzene rings is 1. The van der Waals surface area contributed by atoms with Gasteiger partial charge < -0.3 is 15.5 Å². The van der Waals surface area contributed by atoms with Crippen LogP contribution in [0.5, 0.6) is 0 Å². The molecule has 0 radical (unpaired) electrons. The second kappa shape index (κ2) is 5.19. The fourth-order valence-electron chi connectivity index (χ4n) is 1.75. The molecule has 2 N–H and O–H groups in total. The molecular weight excluding hydrogens is 272 g/mol. The second-order valence-corrected chi connectivity index (χ2v) is 4.53. The normalized spacial score (nSPS) is 10.8. The van der Waals surface area contributed by atoms with E-state index in [4.69, 9.17) is 10.6 Å². The Kier molecular flexibility index (Phi) is 3.22. The lowest BCUT2D eigenvalue weighted by Gasteiger charge is -2.11. The molecule has 0 spiro atoms. The van der Waals surface area contributed by atoms with Gasteiger partial charge in [-0.1, -0.05) is 17.0 Å². The summed E-state index contributed by atoms with van der Waals surface area (Å²) in [6.45, 7) is 0.112. The molecule has 0 aliphatic carbocycles. The van der Waals surface area contributed by atoms with Crippen molar-refractivity contribution in [3.63, 3.8) is 0 Å². The summed E-state index contributed by atoms with van der Waals surface area (Å²) < 4.78 is 0. The summed E-state index contributed by atoms with van der Waals surface area (Å²) in [5.41, 5.74) is 7.18. The van der Waals surface area contributed by atoms with Gasteiger partial charge in [0.15, 0.2) is 12.4 Å². The highest BCUT2D eigenvalue weighted by molar-refractivity contribution is 5.73. The van der Waals surface area contributed by atoms with Gasteiger partial charge in [-0.3, -0.25) is 0 Å². The summed E-state index contributed by atoms with van der Waals surface area (Å²) in [5, 5.41) is 7.92. The Morgan fingerprint density at radius 1 is 1.19 bits per heavy atom. The molecular formula is C12H14N8O. The maximum atomic E-state index is 5.66. The molecule has 108 valence electrons. The van der Waals surface area contributed by atoms with Crippen LogP contribution in [0.3, 0.4) is 0 Å². The smallest absolute Gasteiger partial charge is 0.230 e. The van der Waals surface area contributed by atoms with Crippen molar-refractivity contribution in [3.8, 4) is 0 Å². The van der Waals surface area contributed by atoms with Crippen LogP contribution in [-0.2, 0) is 6.61 Å². The molecule has 1 aromatic carbocycles. The van der Waals surface area contributed by atoms with Crippen molar-refractivity contribution in [2.75, 3.05) is 24.7 Å². The van der Waals surface area contributed by atoms with Crippen LogP contribution in [0.25, 0.3) is 11.0 Å². The summed E-state index contributed by atoms with van der Waals surface area (Å²) in [6, 6.07) is 7.49. The van der Waals surface area contributed by atoms with Gasteiger partial charge >= 0.3 is 0 Å². The summed E-state index contributed by atoms with van der Waals surface area (Å²) in [7, 11) is 3.65. The van der Waals surface area contributed by atoms with Crippen molar-refractivity contribution in [2.45, 2.75) is 6.61 Å². The standard InChI is InChI=1S/C12H14N8O/c1-19(2)12-15-10(14-11(13)16-12)7-21-20-9-6-4-3-5-8(9)17-18-20/h3-6H,7H2,1-2H3,(H2,13,14,15,16). The van der Waals surface area contributed by atoms with E-state index in [-0.39, 0.29) is 12.6 Å². The number of anilines is 2. The summed E-state index contributed by atoms with van der Waals surface area (Å²) in [6.07, 6.45) is 0. The Balaban J connectivity index is 1.81. The van der Waals surface area contributed by atoms with E-state index in [2.05, 4.69) is 25.3 Å². The Morgan fingerprint density at radius 2 is 2.00 bits per heavy atom. The number of para-hydroxylation sites is 1. The van der Waals surface area contributed by atoms with Gasteiger partial charge in [0.25, 0.3) is 0 Å². The molecule has 0 fully saturated rings. The van der Waals surface area contributed by atoms with Crippen molar-refractivity contribution in [1.29, 1.82) is 0 Å². The molecule has 9 nitrogen and oxygen atoms in total. The van der Waals surface area contributed by atoms with Crippen LogP contribution in [0.1, 0.15) is 5.82 Å². The number of hydrogen-bond acceptors (Lipinski definition) is 8. The second-order valence-electron chi connectivity index (χ2n) is 4.53. The SMILES string of the molecule is CN(C)c1nc(N)nc(COn2nnc3ccccc32)n1. The summed E-state index contributed by atoms with van der Waals surface area (Å²) >= 11 is 0. The van der Waals surface area contributed by atoms with Gasteiger partial charge in [0.2, 0.25) is 11.9 Å². The van der Waals surface area contributed by atoms with E-state index in [0.29, 0.717) is 11.8 Å². The lowest BCUT2D eigenvalue weighted by atomic mass is 10.3. The minimum Gasteiger partial charge on any atom is -0.387 e. The van der Waals surface area contributed by atoms with Crippen molar-refractivity contribution in [2.24, 2.45) is 0 Å². The molecule has 2 heterocycles. The zero-order valence-corrected chi connectivity index (χ0v) is 11.6. The summed E-state index contributed by atoms with van der Waals surface area (Å²) in [4.78, 5) is 20.9. The topological polar surface area (TPSA) is 108 Å². The van der Waals surface area contributed by atoms with E-state index in [1.54, 1.807) is 4.90 Å². The van der Waals surface area contributed by atoms with Gasteiger partial charge in [0.1, 0.15) is 11.0 Å². The summed E-state index contributed by atoms with van der Waals surface area (Å²) in [5.74, 6) is 1.05. The number of hydrogen-bond donors (Lipinski definition) is 1. The maximum absolute atomic E-state index is 5.66. The molecule has 0 aliphatic heterocycles. The molecule has 3 aromatic rings. The molecule has 3 rings (SSSR count). The Labute approximate surface area is 120 Å². The molecule has 0 unspecified atom stereocenters. The first-order valence-electron chi connectivity index (χ1n) is 6.25. The van der Waals surface area contributed by atoms with E-state index >= 15 is 0 Å². The first-order valence-corrected chi connectivity index (χ1v) is 6.25. The van der Waals surface area contributed by atoms with Gasteiger partial charge in [-0.15, -0.1) is 5.10 Å². The van der Waals surface area contributed by atoms with Gasteiger partial charge in [0, 0.05) is 14.1 Å². The molecule has 0 saturated carbocycles. The van der Waals surface area contributed by atoms with Crippen LogP contribution in [0.4, 0.5) is 11.9 Å². The van der Waals surface area contributed by atoms with E-state index < -0.39 is 0 Å². The Morgan fingerprint density at radius 3 is 2.81 bits per heavy atom. The molecule has 0 atom stereocenters. The number of aromatic nitrogens is 6. The zero-order valence-electron chi connectivity index (χ0n) is 11.6. The van der Waals surface area contributed by atoms with Crippen molar-refractivity contribution in [1.82, 2.24) is 30.1 Å². The molecule has 0 amide bonds. The maximum Gasteiger partial charge on any atom is 0.230 e. The Hall–Kier alpha value is -2.97. The first kappa shape index (κ1) is 13.0. The molecule has 0 bridgehead atoms. The van der Waals surface area contributed by atoms with E-state index in [1.165, 1.54) is 4.85 Å². The Bertz CT molecular complexity index is 769. The van der Waals surface area contributed by atoms with Crippen molar-refractivity contribution < 1.29 is 4.84 Å². The van der Waals surface area contributed by atoms with Gasteiger partial charge in [-0.05, 0) is 17.3 Å². The molecule has 0 aliphatic rings. The average Bonchev–Trinajstić information content (AvgIpc) is 2.88. The predicted octanol–water partition coefficient (Wildman–Crippen LogP) is -0.107. The molecule has 21 heavy (non-hydrogen) atoms. The third-order valence-electron chi connectivity index (χ3n) is 2.72. The molecule has 2 aromatic heterocycles. The van der Waals surface area contributed by atoms with Crippen LogP contribution >= 0.6 is 0 Å². The third kappa shape index (κ3) is 2.66. The van der Waals surface area contributed by atoms with Gasteiger partial charge in [0.05, 0.1) is 0 Å². The first-order chi connectivity index (χ1) is 10.1. The number of nitrogens with two attached hydrogens (primary N) is 1. The van der Waals surface area contributed by atoms with Crippen molar-refractivity contribution in [3.05, 3.63) is 30.1 Å². The molecule has 0 saturated heterocycles.